The molecule has 9 heteroatoms. The molecule has 144 valence electrons. The quantitative estimate of drug-likeness (QED) is 0.681. The van der Waals surface area contributed by atoms with Crippen LogP contribution in [0.4, 0.5) is 0 Å². The first-order chi connectivity index (χ1) is 13.6. The highest BCUT2D eigenvalue weighted by molar-refractivity contribution is 5.93. The van der Waals surface area contributed by atoms with E-state index in [9.17, 15) is 4.79 Å². The Kier molecular flexibility index (Phi) is 5.06. The molecule has 0 saturated carbocycles. The first-order valence-corrected chi connectivity index (χ1v) is 9.15. The molecular formula is C19H21N7O2. The largest absolute Gasteiger partial charge is 0.379 e. The number of amides is 1. The predicted molar refractivity (Wildman–Crippen MR) is 103 cm³/mol. The lowest BCUT2D eigenvalue weighted by atomic mass is 10.2. The van der Waals surface area contributed by atoms with Gasteiger partial charge in [-0.25, -0.2) is 4.98 Å². The van der Waals surface area contributed by atoms with E-state index >= 15 is 0 Å². The van der Waals surface area contributed by atoms with Crippen molar-refractivity contribution in [3.05, 3.63) is 35.7 Å². The number of hydrogen-bond acceptors (Lipinski definition) is 6. The summed E-state index contributed by atoms with van der Waals surface area (Å²) in [5.41, 5.74) is 3.12. The molecule has 0 radical (unpaired) electrons. The second-order valence-electron chi connectivity index (χ2n) is 6.70. The Morgan fingerprint density at radius 2 is 2.18 bits per heavy atom. The number of ether oxygens (including phenoxy) is 1. The summed E-state index contributed by atoms with van der Waals surface area (Å²) in [5, 5.41) is 17.1. The number of pyridine rings is 1. The molecule has 0 spiro atoms. The molecule has 28 heavy (non-hydrogen) atoms. The summed E-state index contributed by atoms with van der Waals surface area (Å²) in [6.45, 7) is 4.64. The van der Waals surface area contributed by atoms with E-state index in [1.807, 2.05) is 6.07 Å². The second kappa shape index (κ2) is 7.80. The van der Waals surface area contributed by atoms with Gasteiger partial charge >= 0.3 is 0 Å². The number of rotatable bonds is 5. The van der Waals surface area contributed by atoms with Crippen molar-refractivity contribution in [2.45, 2.75) is 0 Å². The predicted octanol–water partition coefficient (Wildman–Crippen LogP) is 0.897. The number of hydrogen-bond donors (Lipinski definition) is 2. The van der Waals surface area contributed by atoms with Crippen LogP contribution in [0.1, 0.15) is 16.1 Å². The maximum atomic E-state index is 12.5. The number of carbonyl (C=O) groups excluding carboxylic acids is 1. The minimum absolute atomic E-state index is 0.198. The van der Waals surface area contributed by atoms with E-state index in [0.717, 1.165) is 49.6 Å². The zero-order chi connectivity index (χ0) is 19.5. The monoisotopic (exact) mass is 379 g/mol. The van der Waals surface area contributed by atoms with E-state index in [-0.39, 0.29) is 5.91 Å². The number of carbonyl (C=O) groups is 1. The summed E-state index contributed by atoms with van der Waals surface area (Å²) >= 11 is 0. The van der Waals surface area contributed by atoms with Crippen molar-refractivity contribution in [1.82, 2.24) is 30.0 Å². The molecule has 1 amide bonds. The van der Waals surface area contributed by atoms with Crippen LogP contribution in [0.25, 0.3) is 22.4 Å². The van der Waals surface area contributed by atoms with Crippen molar-refractivity contribution in [2.75, 3.05) is 39.4 Å². The first-order valence-electron chi connectivity index (χ1n) is 9.15. The zero-order valence-electron chi connectivity index (χ0n) is 15.6. The van der Waals surface area contributed by atoms with Gasteiger partial charge < -0.3 is 15.0 Å². The Morgan fingerprint density at radius 3 is 2.96 bits per heavy atom. The molecule has 4 rings (SSSR count). The van der Waals surface area contributed by atoms with Crippen LogP contribution >= 0.6 is 0 Å². The topological polar surface area (TPSA) is 112 Å². The molecule has 0 bridgehead atoms. The van der Waals surface area contributed by atoms with Gasteiger partial charge in [0, 0.05) is 44.8 Å². The SMILES string of the molecule is Cn1nc(C(=O)NCCN2CCOCC2)cc1-c1cc2cc(C#N)cnc2[nH]1. The summed E-state index contributed by atoms with van der Waals surface area (Å²) in [6, 6.07) is 7.51. The molecule has 0 aromatic carbocycles. The van der Waals surface area contributed by atoms with Gasteiger partial charge in [0.05, 0.1) is 30.2 Å². The average Bonchev–Trinajstić information content (AvgIpc) is 3.31. The van der Waals surface area contributed by atoms with E-state index in [0.29, 0.717) is 23.4 Å². The highest BCUT2D eigenvalue weighted by Gasteiger charge is 2.16. The standard InChI is InChI=1S/C19H21N7O2/c1-25-17(15-9-14-8-13(11-20)12-22-18(14)23-15)10-16(24-25)19(27)21-2-3-26-4-6-28-7-5-26/h8-10,12H,2-7H2,1H3,(H,21,27)(H,22,23). The van der Waals surface area contributed by atoms with Gasteiger partial charge in [-0.05, 0) is 18.2 Å². The Balaban J connectivity index is 1.45. The molecule has 0 aliphatic carbocycles. The van der Waals surface area contributed by atoms with Crippen molar-refractivity contribution in [3.63, 3.8) is 0 Å². The minimum atomic E-state index is -0.198. The number of aromatic nitrogens is 4. The van der Waals surface area contributed by atoms with Crippen LogP contribution in [0.3, 0.4) is 0 Å². The van der Waals surface area contributed by atoms with Crippen molar-refractivity contribution < 1.29 is 9.53 Å². The van der Waals surface area contributed by atoms with Crippen LogP contribution in [0.5, 0.6) is 0 Å². The van der Waals surface area contributed by atoms with Crippen LogP contribution in [0.15, 0.2) is 24.4 Å². The van der Waals surface area contributed by atoms with E-state index in [1.54, 1.807) is 23.9 Å². The molecule has 1 fully saturated rings. The first kappa shape index (κ1) is 18.2. The number of aryl methyl sites for hydroxylation is 1. The van der Waals surface area contributed by atoms with Crippen LogP contribution < -0.4 is 5.32 Å². The van der Waals surface area contributed by atoms with Gasteiger partial charge in [0.25, 0.3) is 5.91 Å². The van der Waals surface area contributed by atoms with Crippen molar-refractivity contribution >= 4 is 16.9 Å². The summed E-state index contributed by atoms with van der Waals surface area (Å²) in [4.78, 5) is 22.2. The van der Waals surface area contributed by atoms with E-state index in [2.05, 4.69) is 31.4 Å². The lowest BCUT2D eigenvalue weighted by molar-refractivity contribution is 0.0383. The highest BCUT2D eigenvalue weighted by Crippen LogP contribution is 2.24. The summed E-state index contributed by atoms with van der Waals surface area (Å²) < 4.78 is 6.98. The third kappa shape index (κ3) is 3.74. The molecule has 0 atom stereocenters. The summed E-state index contributed by atoms with van der Waals surface area (Å²) in [5.74, 6) is -0.198. The second-order valence-corrected chi connectivity index (χ2v) is 6.70. The zero-order valence-corrected chi connectivity index (χ0v) is 15.6. The maximum Gasteiger partial charge on any atom is 0.271 e. The molecule has 4 heterocycles. The normalized spacial score (nSPS) is 14.9. The smallest absolute Gasteiger partial charge is 0.271 e. The highest BCUT2D eigenvalue weighted by atomic mass is 16.5. The van der Waals surface area contributed by atoms with Gasteiger partial charge in [0.15, 0.2) is 5.69 Å². The van der Waals surface area contributed by atoms with E-state index < -0.39 is 0 Å². The Labute approximate surface area is 161 Å². The number of aromatic amines is 1. The summed E-state index contributed by atoms with van der Waals surface area (Å²) in [7, 11) is 1.79. The van der Waals surface area contributed by atoms with Gasteiger partial charge in [-0.3, -0.25) is 14.4 Å². The molecule has 2 N–H and O–H groups in total. The molecule has 3 aromatic heterocycles. The molecular weight excluding hydrogens is 358 g/mol. The maximum absolute atomic E-state index is 12.5. The average molecular weight is 379 g/mol. The van der Waals surface area contributed by atoms with E-state index in [1.165, 1.54) is 6.20 Å². The number of nitriles is 1. The van der Waals surface area contributed by atoms with Gasteiger partial charge in [-0.2, -0.15) is 10.4 Å². The van der Waals surface area contributed by atoms with Crippen molar-refractivity contribution in [2.24, 2.45) is 7.05 Å². The third-order valence-electron chi connectivity index (χ3n) is 4.80. The summed E-state index contributed by atoms with van der Waals surface area (Å²) in [6.07, 6.45) is 1.53. The van der Waals surface area contributed by atoms with Gasteiger partial charge in [0.1, 0.15) is 11.7 Å². The van der Waals surface area contributed by atoms with Crippen LogP contribution in [0, 0.1) is 11.3 Å². The van der Waals surface area contributed by atoms with Crippen molar-refractivity contribution in [3.8, 4) is 17.5 Å². The van der Waals surface area contributed by atoms with Gasteiger partial charge in [0.2, 0.25) is 0 Å². The Hall–Kier alpha value is -3.22. The third-order valence-corrected chi connectivity index (χ3v) is 4.80. The van der Waals surface area contributed by atoms with Crippen LogP contribution in [-0.4, -0.2) is 69.9 Å². The molecule has 1 aliphatic heterocycles. The van der Waals surface area contributed by atoms with E-state index in [4.69, 9.17) is 10.00 Å². The number of nitrogens with zero attached hydrogens (tertiary/aromatic N) is 5. The fraction of sp³-hybridized carbons (Fsp3) is 0.368. The fourth-order valence-corrected chi connectivity index (χ4v) is 3.29. The number of H-pyrrole nitrogens is 1. The number of fused-ring (bicyclic) bond motifs is 1. The molecule has 1 aliphatic rings. The van der Waals surface area contributed by atoms with Crippen LogP contribution in [0.2, 0.25) is 0 Å². The fourth-order valence-electron chi connectivity index (χ4n) is 3.29. The van der Waals surface area contributed by atoms with Gasteiger partial charge in [-0.1, -0.05) is 0 Å². The molecule has 3 aromatic rings. The lowest BCUT2D eigenvalue weighted by Crippen LogP contribution is -2.41. The number of morpholine rings is 1. The lowest BCUT2D eigenvalue weighted by Gasteiger charge is -2.26. The Bertz CT molecular complexity index is 1040. The number of nitrogens with one attached hydrogen (secondary N) is 2. The Morgan fingerprint density at radius 1 is 1.36 bits per heavy atom. The van der Waals surface area contributed by atoms with Gasteiger partial charge in [-0.15, -0.1) is 0 Å². The minimum Gasteiger partial charge on any atom is -0.379 e. The molecule has 0 unspecified atom stereocenters. The van der Waals surface area contributed by atoms with Crippen molar-refractivity contribution in [1.29, 1.82) is 5.26 Å². The van der Waals surface area contributed by atoms with Crippen LogP contribution in [-0.2, 0) is 11.8 Å². The molecule has 9 nitrogen and oxygen atoms in total. The molecule has 1 saturated heterocycles.